The molecule has 0 fully saturated rings. The van der Waals surface area contributed by atoms with E-state index in [0.29, 0.717) is 0 Å². The van der Waals surface area contributed by atoms with Crippen LogP contribution in [0.4, 0.5) is 0 Å². The van der Waals surface area contributed by atoms with Crippen LogP contribution in [0.5, 0.6) is 0 Å². The number of aromatic amines is 1. The monoisotopic (exact) mass is 228 g/mol. The minimum atomic E-state index is 0.867. The molecular formula is C9H13BrN2. The molecular weight excluding hydrogens is 216 g/mol. The van der Waals surface area contributed by atoms with Crippen LogP contribution < -0.4 is 0 Å². The second kappa shape index (κ2) is 3.21. The Morgan fingerprint density at radius 2 is 2.50 bits per heavy atom. The van der Waals surface area contributed by atoms with Gasteiger partial charge in [-0.2, -0.15) is 5.10 Å². The highest BCUT2D eigenvalue weighted by Crippen LogP contribution is 2.30. The van der Waals surface area contributed by atoms with Gasteiger partial charge in [0.25, 0.3) is 0 Å². The van der Waals surface area contributed by atoms with Crippen molar-refractivity contribution in [2.75, 3.05) is 0 Å². The minimum Gasteiger partial charge on any atom is -0.281 e. The van der Waals surface area contributed by atoms with E-state index in [1.54, 1.807) is 0 Å². The second-order valence-electron chi connectivity index (χ2n) is 3.49. The second-order valence-corrected chi connectivity index (χ2v) is 4.24. The molecule has 1 aromatic rings. The summed E-state index contributed by atoms with van der Waals surface area (Å²) in [6.07, 6.45) is 4.98. The quantitative estimate of drug-likeness (QED) is 0.787. The maximum absolute atomic E-state index is 4.16. The molecule has 12 heavy (non-hydrogen) atoms. The molecule has 0 saturated carbocycles. The molecule has 2 rings (SSSR count). The lowest BCUT2D eigenvalue weighted by molar-refractivity contribution is 0.442. The Balaban J connectivity index is 2.26. The molecule has 0 spiro atoms. The first kappa shape index (κ1) is 8.30. The topological polar surface area (TPSA) is 28.7 Å². The molecule has 0 radical (unpaired) electrons. The lowest BCUT2D eigenvalue weighted by Gasteiger charge is -2.19. The first-order valence-electron chi connectivity index (χ1n) is 4.53. The SMILES string of the molecule is CCC1CCc2[nH]nc(Br)c2C1. The van der Waals surface area contributed by atoms with E-state index in [0.717, 1.165) is 10.5 Å². The molecule has 0 amide bonds. The number of nitrogens with one attached hydrogen (secondary N) is 1. The van der Waals surface area contributed by atoms with Gasteiger partial charge in [-0.25, -0.2) is 0 Å². The van der Waals surface area contributed by atoms with Gasteiger partial charge in [-0.15, -0.1) is 0 Å². The van der Waals surface area contributed by atoms with Gasteiger partial charge in [0.1, 0.15) is 4.60 Å². The fourth-order valence-corrected chi connectivity index (χ4v) is 2.37. The van der Waals surface area contributed by atoms with Crippen molar-refractivity contribution in [3.05, 3.63) is 15.9 Å². The van der Waals surface area contributed by atoms with Gasteiger partial charge in [-0.3, -0.25) is 5.10 Å². The summed E-state index contributed by atoms with van der Waals surface area (Å²) in [6, 6.07) is 0. The maximum Gasteiger partial charge on any atom is 0.131 e. The summed E-state index contributed by atoms with van der Waals surface area (Å²) in [4.78, 5) is 0. The molecule has 1 aromatic heterocycles. The van der Waals surface area contributed by atoms with Gasteiger partial charge in [0.05, 0.1) is 0 Å². The molecule has 1 aliphatic carbocycles. The standard InChI is InChI=1S/C9H13BrN2/c1-2-6-3-4-8-7(5-6)9(10)12-11-8/h6H,2-5H2,1H3,(H,11,12). The predicted octanol–water partition coefficient (Wildman–Crippen LogP) is 2.69. The number of fused-ring (bicyclic) bond motifs is 1. The van der Waals surface area contributed by atoms with Crippen molar-refractivity contribution in [1.29, 1.82) is 0 Å². The highest BCUT2D eigenvalue weighted by molar-refractivity contribution is 9.10. The van der Waals surface area contributed by atoms with Crippen LogP contribution in [0.15, 0.2) is 4.60 Å². The molecule has 0 aromatic carbocycles. The Labute approximate surface area is 80.9 Å². The first-order valence-corrected chi connectivity index (χ1v) is 5.32. The van der Waals surface area contributed by atoms with E-state index in [1.165, 1.54) is 36.9 Å². The zero-order chi connectivity index (χ0) is 8.55. The van der Waals surface area contributed by atoms with Crippen LogP contribution in [0.25, 0.3) is 0 Å². The maximum atomic E-state index is 4.16. The zero-order valence-electron chi connectivity index (χ0n) is 7.23. The number of aromatic nitrogens is 2. The molecule has 1 heterocycles. The molecule has 0 bridgehead atoms. The van der Waals surface area contributed by atoms with Crippen molar-refractivity contribution in [2.24, 2.45) is 5.92 Å². The van der Waals surface area contributed by atoms with Crippen LogP contribution >= 0.6 is 15.9 Å². The van der Waals surface area contributed by atoms with Gasteiger partial charge >= 0.3 is 0 Å². The third-order valence-corrected chi connectivity index (χ3v) is 3.43. The van der Waals surface area contributed by atoms with Crippen molar-refractivity contribution in [2.45, 2.75) is 32.6 Å². The van der Waals surface area contributed by atoms with Crippen LogP contribution in [0, 0.1) is 5.92 Å². The molecule has 66 valence electrons. The Morgan fingerprint density at radius 3 is 3.25 bits per heavy atom. The molecule has 1 N–H and O–H groups in total. The van der Waals surface area contributed by atoms with Gasteiger partial charge < -0.3 is 0 Å². The van der Waals surface area contributed by atoms with E-state index in [4.69, 9.17) is 0 Å². The zero-order valence-corrected chi connectivity index (χ0v) is 8.82. The van der Waals surface area contributed by atoms with Crippen molar-refractivity contribution < 1.29 is 0 Å². The number of hydrogen-bond donors (Lipinski definition) is 1. The number of hydrogen-bond acceptors (Lipinski definition) is 1. The number of halogens is 1. The molecule has 3 heteroatoms. The highest BCUT2D eigenvalue weighted by atomic mass is 79.9. The van der Waals surface area contributed by atoms with Crippen molar-refractivity contribution in [3.63, 3.8) is 0 Å². The Morgan fingerprint density at radius 1 is 1.67 bits per heavy atom. The van der Waals surface area contributed by atoms with Gasteiger partial charge in [0.2, 0.25) is 0 Å². The lowest BCUT2D eigenvalue weighted by atomic mass is 9.86. The lowest BCUT2D eigenvalue weighted by Crippen LogP contribution is -2.12. The summed E-state index contributed by atoms with van der Waals surface area (Å²) in [5, 5.41) is 7.23. The number of aryl methyl sites for hydroxylation is 1. The minimum absolute atomic E-state index is 0.867. The summed E-state index contributed by atoms with van der Waals surface area (Å²) < 4.78 is 1.02. The summed E-state index contributed by atoms with van der Waals surface area (Å²) in [6.45, 7) is 2.27. The molecule has 2 nitrogen and oxygen atoms in total. The van der Waals surface area contributed by atoms with E-state index in [1.807, 2.05) is 0 Å². The van der Waals surface area contributed by atoms with Gasteiger partial charge in [-0.1, -0.05) is 13.3 Å². The van der Waals surface area contributed by atoms with Gasteiger partial charge in [0.15, 0.2) is 0 Å². The highest BCUT2D eigenvalue weighted by Gasteiger charge is 2.21. The number of H-pyrrole nitrogens is 1. The first-order chi connectivity index (χ1) is 5.81. The third-order valence-electron chi connectivity index (χ3n) is 2.78. The van der Waals surface area contributed by atoms with Crippen LogP contribution in [0.2, 0.25) is 0 Å². The van der Waals surface area contributed by atoms with E-state index < -0.39 is 0 Å². The molecule has 1 unspecified atom stereocenters. The van der Waals surface area contributed by atoms with Gasteiger partial charge in [-0.05, 0) is 41.1 Å². The summed E-state index contributed by atoms with van der Waals surface area (Å²) >= 11 is 3.47. The molecule has 0 aliphatic heterocycles. The normalized spacial score (nSPS) is 22.3. The van der Waals surface area contributed by atoms with Crippen molar-refractivity contribution in [3.8, 4) is 0 Å². The van der Waals surface area contributed by atoms with E-state index in [9.17, 15) is 0 Å². The van der Waals surface area contributed by atoms with E-state index >= 15 is 0 Å². The third kappa shape index (κ3) is 1.30. The largest absolute Gasteiger partial charge is 0.281 e. The summed E-state index contributed by atoms with van der Waals surface area (Å²) in [5.41, 5.74) is 2.75. The van der Waals surface area contributed by atoms with Crippen LogP contribution in [-0.4, -0.2) is 10.2 Å². The smallest absolute Gasteiger partial charge is 0.131 e. The summed E-state index contributed by atoms with van der Waals surface area (Å²) in [7, 11) is 0. The molecule has 0 saturated heterocycles. The van der Waals surface area contributed by atoms with Crippen LogP contribution in [0.3, 0.4) is 0 Å². The van der Waals surface area contributed by atoms with E-state index in [-0.39, 0.29) is 0 Å². The number of nitrogens with zero attached hydrogens (tertiary/aromatic N) is 1. The average molecular weight is 229 g/mol. The van der Waals surface area contributed by atoms with Gasteiger partial charge in [0, 0.05) is 11.3 Å². The fourth-order valence-electron chi connectivity index (χ4n) is 1.88. The molecule has 1 aliphatic rings. The van der Waals surface area contributed by atoms with Crippen molar-refractivity contribution in [1.82, 2.24) is 10.2 Å². The Hall–Kier alpha value is -0.310. The Bertz CT molecular complexity index is 280. The predicted molar refractivity (Wildman–Crippen MR) is 52.1 cm³/mol. The summed E-state index contributed by atoms with van der Waals surface area (Å²) in [5.74, 6) is 0.867. The van der Waals surface area contributed by atoms with E-state index in [2.05, 4.69) is 33.1 Å². The Kier molecular flexibility index (Phi) is 2.22. The fraction of sp³-hybridized carbons (Fsp3) is 0.667. The molecule has 1 atom stereocenters. The van der Waals surface area contributed by atoms with Crippen LogP contribution in [0.1, 0.15) is 31.0 Å². The number of rotatable bonds is 1. The van der Waals surface area contributed by atoms with Crippen LogP contribution in [-0.2, 0) is 12.8 Å². The average Bonchev–Trinajstić information content (AvgIpc) is 2.47. The van der Waals surface area contributed by atoms with Crippen molar-refractivity contribution >= 4 is 15.9 Å².